The zero-order chi connectivity index (χ0) is 24.1. The molecule has 6 nitrogen and oxygen atoms in total. The van der Waals surface area contributed by atoms with Crippen LogP contribution in [0.25, 0.3) is 0 Å². The van der Waals surface area contributed by atoms with Crippen LogP contribution < -0.4 is 0 Å². The van der Waals surface area contributed by atoms with Crippen LogP contribution >= 0.6 is 11.8 Å². The van der Waals surface area contributed by atoms with Gasteiger partial charge in [0.05, 0.1) is 29.6 Å². The van der Waals surface area contributed by atoms with E-state index in [9.17, 15) is 22.4 Å². The van der Waals surface area contributed by atoms with E-state index in [1.165, 1.54) is 12.1 Å². The summed E-state index contributed by atoms with van der Waals surface area (Å²) in [5.41, 5.74) is 1.67. The third kappa shape index (κ3) is 7.16. The number of carbonyl (C=O) groups is 2. The zero-order valence-corrected chi connectivity index (χ0v) is 18.2. The number of nitrogens with zero attached hydrogens (tertiary/aromatic N) is 2. The number of aliphatic carboxylic acids is 1. The van der Waals surface area contributed by atoms with E-state index < -0.39 is 12.1 Å². The third-order valence-corrected chi connectivity index (χ3v) is 6.74. The molecule has 0 radical (unpaired) electrons. The summed E-state index contributed by atoms with van der Waals surface area (Å²) in [4.78, 5) is 27.4. The van der Waals surface area contributed by atoms with E-state index in [1.54, 1.807) is 18.3 Å². The Morgan fingerprint density at radius 3 is 2.55 bits per heavy atom. The number of amides is 1. The second kappa shape index (κ2) is 10.5. The van der Waals surface area contributed by atoms with Gasteiger partial charge in [-0.05, 0) is 36.2 Å². The lowest BCUT2D eigenvalue weighted by atomic mass is 9.92. The number of carboxylic acid groups (broad SMARTS) is 1. The largest absolute Gasteiger partial charge is 0.490 e. The standard InChI is InChI=1S/C20H21FN2O2S.C2HF3O2/c21-16-5-3-4-15(8-16)9-19(24)23-13-20(14-23)10-18(12-26-20)25-11-17-6-1-2-7-22-17;3-2(4,5)1(6)7/h1-8,18H,9-14H2;(H,6,7). The first-order valence-electron chi connectivity index (χ1n) is 10.0. The molecule has 2 aliphatic rings. The van der Waals surface area contributed by atoms with Gasteiger partial charge in [0, 0.05) is 25.0 Å². The van der Waals surface area contributed by atoms with E-state index in [1.807, 2.05) is 34.9 Å². The maximum Gasteiger partial charge on any atom is 0.490 e. The molecule has 1 amide bonds. The van der Waals surface area contributed by atoms with Gasteiger partial charge in [0.25, 0.3) is 0 Å². The summed E-state index contributed by atoms with van der Waals surface area (Å²) in [6.07, 6.45) is -1.87. The van der Waals surface area contributed by atoms with Gasteiger partial charge in [0.1, 0.15) is 5.82 Å². The molecule has 1 atom stereocenters. The maximum absolute atomic E-state index is 13.2. The number of ether oxygens (including phenoxy) is 1. The van der Waals surface area contributed by atoms with Crippen molar-refractivity contribution in [3.8, 4) is 0 Å². The van der Waals surface area contributed by atoms with Crippen molar-refractivity contribution >= 4 is 23.6 Å². The molecule has 33 heavy (non-hydrogen) atoms. The number of rotatable bonds is 5. The Labute approximate surface area is 191 Å². The van der Waals surface area contributed by atoms with Gasteiger partial charge in [-0.1, -0.05) is 18.2 Å². The van der Waals surface area contributed by atoms with Crippen LogP contribution in [0.15, 0.2) is 48.7 Å². The van der Waals surface area contributed by atoms with Crippen LogP contribution in [0.3, 0.4) is 0 Å². The number of halogens is 4. The number of carbonyl (C=O) groups excluding carboxylic acids is 1. The fraction of sp³-hybridized carbons (Fsp3) is 0.409. The number of carboxylic acids is 1. The van der Waals surface area contributed by atoms with E-state index >= 15 is 0 Å². The van der Waals surface area contributed by atoms with Crippen molar-refractivity contribution in [3.05, 3.63) is 65.7 Å². The minimum Gasteiger partial charge on any atom is -0.475 e. The lowest BCUT2D eigenvalue weighted by molar-refractivity contribution is -0.192. The molecule has 0 bridgehead atoms. The van der Waals surface area contributed by atoms with Crippen molar-refractivity contribution in [3.63, 3.8) is 0 Å². The Kier molecular flexibility index (Phi) is 7.96. The fourth-order valence-electron chi connectivity index (χ4n) is 3.58. The number of pyridine rings is 1. The molecular weight excluding hydrogens is 464 g/mol. The van der Waals surface area contributed by atoms with Gasteiger partial charge in [0.15, 0.2) is 0 Å². The van der Waals surface area contributed by atoms with E-state index in [0.29, 0.717) is 6.61 Å². The molecule has 0 saturated carbocycles. The predicted molar refractivity (Wildman–Crippen MR) is 113 cm³/mol. The topological polar surface area (TPSA) is 79.7 Å². The Bertz CT molecular complexity index is 968. The van der Waals surface area contributed by atoms with Crippen LogP contribution in [0, 0.1) is 5.82 Å². The molecule has 4 rings (SSSR count). The molecule has 1 N–H and O–H groups in total. The smallest absolute Gasteiger partial charge is 0.475 e. The average molecular weight is 486 g/mol. The maximum atomic E-state index is 13.2. The zero-order valence-electron chi connectivity index (χ0n) is 17.4. The molecule has 1 aromatic carbocycles. The van der Waals surface area contributed by atoms with Crippen molar-refractivity contribution in [2.45, 2.75) is 36.5 Å². The summed E-state index contributed by atoms with van der Waals surface area (Å²) in [5, 5.41) is 7.12. The molecule has 178 valence electrons. The Morgan fingerprint density at radius 2 is 1.94 bits per heavy atom. The molecule has 0 aliphatic carbocycles. The monoisotopic (exact) mass is 486 g/mol. The first kappa shape index (κ1) is 25.0. The van der Waals surface area contributed by atoms with Crippen LogP contribution in [0.2, 0.25) is 0 Å². The SMILES string of the molecule is O=C(Cc1cccc(F)c1)N1CC2(CC(OCc3ccccn3)CS2)C1.O=C(O)C(F)(F)F. The molecule has 11 heteroatoms. The van der Waals surface area contributed by atoms with Gasteiger partial charge in [-0.2, -0.15) is 13.2 Å². The van der Waals surface area contributed by atoms with E-state index in [-0.39, 0.29) is 29.0 Å². The highest BCUT2D eigenvalue weighted by Gasteiger charge is 2.50. The van der Waals surface area contributed by atoms with E-state index in [0.717, 1.165) is 36.5 Å². The lowest BCUT2D eigenvalue weighted by Crippen LogP contribution is -2.61. The highest BCUT2D eigenvalue weighted by Crippen LogP contribution is 2.46. The van der Waals surface area contributed by atoms with Gasteiger partial charge < -0.3 is 14.7 Å². The van der Waals surface area contributed by atoms with Gasteiger partial charge >= 0.3 is 12.1 Å². The number of thioether (sulfide) groups is 1. The number of benzene rings is 1. The van der Waals surface area contributed by atoms with Crippen molar-refractivity contribution in [1.29, 1.82) is 0 Å². The first-order chi connectivity index (χ1) is 15.6. The van der Waals surface area contributed by atoms with Crippen LogP contribution in [0.4, 0.5) is 17.6 Å². The lowest BCUT2D eigenvalue weighted by Gasteiger charge is -2.47. The van der Waals surface area contributed by atoms with E-state index in [4.69, 9.17) is 14.6 Å². The summed E-state index contributed by atoms with van der Waals surface area (Å²) < 4.78 is 51.1. The minimum absolute atomic E-state index is 0.0691. The van der Waals surface area contributed by atoms with Crippen LogP contribution in [-0.4, -0.2) is 62.7 Å². The van der Waals surface area contributed by atoms with E-state index in [2.05, 4.69) is 4.98 Å². The molecule has 1 unspecified atom stereocenters. The van der Waals surface area contributed by atoms with Crippen molar-refractivity contribution in [1.82, 2.24) is 9.88 Å². The molecule has 2 fully saturated rings. The number of likely N-dealkylation sites (tertiary alicyclic amines) is 1. The van der Waals surface area contributed by atoms with Crippen LogP contribution in [0.5, 0.6) is 0 Å². The average Bonchev–Trinajstić information content (AvgIpc) is 3.16. The normalized spacial score (nSPS) is 18.9. The Hall–Kier alpha value is -2.66. The number of alkyl halides is 3. The quantitative estimate of drug-likeness (QED) is 0.650. The van der Waals surface area contributed by atoms with Crippen molar-refractivity contribution in [2.75, 3.05) is 18.8 Å². The molecule has 1 aromatic heterocycles. The highest BCUT2D eigenvalue weighted by atomic mass is 32.2. The van der Waals surface area contributed by atoms with Gasteiger partial charge in [-0.3, -0.25) is 9.78 Å². The van der Waals surface area contributed by atoms with Crippen molar-refractivity contribution in [2.24, 2.45) is 0 Å². The van der Waals surface area contributed by atoms with Crippen molar-refractivity contribution < 1.29 is 37.0 Å². The fourth-order valence-corrected chi connectivity index (χ4v) is 5.13. The molecule has 1 spiro atoms. The summed E-state index contributed by atoms with van der Waals surface area (Å²) in [5.74, 6) is -2.03. The van der Waals surface area contributed by atoms with Gasteiger partial charge in [0.2, 0.25) is 5.91 Å². The summed E-state index contributed by atoms with van der Waals surface area (Å²) >= 11 is 1.91. The summed E-state index contributed by atoms with van der Waals surface area (Å²) in [6.45, 7) is 2.05. The second-order valence-corrected chi connectivity index (χ2v) is 9.30. The number of hydrogen-bond acceptors (Lipinski definition) is 5. The molecule has 3 heterocycles. The Morgan fingerprint density at radius 1 is 1.21 bits per heavy atom. The Balaban J connectivity index is 0.000000383. The number of hydrogen-bond donors (Lipinski definition) is 1. The second-order valence-electron chi connectivity index (χ2n) is 7.81. The molecule has 2 aliphatic heterocycles. The van der Waals surface area contributed by atoms with Gasteiger partial charge in [-0.25, -0.2) is 9.18 Å². The molecular formula is C22H22F4N2O4S. The summed E-state index contributed by atoms with van der Waals surface area (Å²) in [7, 11) is 0. The summed E-state index contributed by atoms with van der Waals surface area (Å²) in [6, 6.07) is 12.1. The van der Waals surface area contributed by atoms with Crippen LogP contribution in [-0.2, 0) is 27.4 Å². The van der Waals surface area contributed by atoms with Gasteiger partial charge in [-0.15, -0.1) is 11.8 Å². The molecule has 2 saturated heterocycles. The molecule has 2 aromatic rings. The minimum atomic E-state index is -5.08. The highest BCUT2D eigenvalue weighted by molar-refractivity contribution is 8.01. The third-order valence-electron chi connectivity index (χ3n) is 5.17. The number of aromatic nitrogens is 1. The van der Waals surface area contributed by atoms with Crippen LogP contribution in [0.1, 0.15) is 17.7 Å². The predicted octanol–water partition coefficient (Wildman–Crippen LogP) is 3.70. The first-order valence-corrected chi connectivity index (χ1v) is 11.0.